The van der Waals surface area contributed by atoms with Gasteiger partial charge in [-0.05, 0) is 73.2 Å². The van der Waals surface area contributed by atoms with Crippen molar-refractivity contribution in [2.75, 3.05) is 11.5 Å². The molecule has 1 saturated heterocycles. The summed E-state index contributed by atoms with van der Waals surface area (Å²) < 4.78 is 12.5. The van der Waals surface area contributed by atoms with Crippen LogP contribution < -0.4 is 14.4 Å². The highest BCUT2D eigenvalue weighted by atomic mass is 32.2. The quantitative estimate of drug-likeness (QED) is 0.0624. The van der Waals surface area contributed by atoms with Crippen molar-refractivity contribution in [1.29, 1.82) is 0 Å². The second-order valence-electron chi connectivity index (χ2n) is 11.9. The van der Waals surface area contributed by atoms with Crippen molar-refractivity contribution < 1.29 is 24.2 Å². The molecule has 1 N–H and O–H groups in total. The first-order valence-electron chi connectivity index (χ1n) is 15.0. The third-order valence-electron chi connectivity index (χ3n) is 7.84. The molecule has 0 aliphatic carbocycles. The number of hydrogen-bond donors (Lipinski definition) is 1. The molecule has 2 aliphatic rings. The number of anilines is 1. The van der Waals surface area contributed by atoms with Crippen LogP contribution in [0.2, 0.25) is 0 Å². The van der Waals surface area contributed by atoms with Crippen molar-refractivity contribution in [3.8, 4) is 11.5 Å². The van der Waals surface area contributed by atoms with E-state index in [2.05, 4.69) is 48.3 Å². The number of thioether (sulfide) groups is 1. The summed E-state index contributed by atoms with van der Waals surface area (Å²) in [5, 5.41) is 20.7. The van der Waals surface area contributed by atoms with Crippen LogP contribution in [0.15, 0.2) is 76.6 Å². The number of nitrogens with zero attached hydrogens (tertiary/aromatic N) is 3. The molecule has 45 heavy (non-hydrogen) atoms. The fourth-order valence-corrected chi connectivity index (χ4v) is 7.27. The molecule has 2 atom stereocenters. The minimum Gasteiger partial charge on any atom is -0.507 e. The molecular formula is C35H35N3O5S2. The number of ketones is 1. The van der Waals surface area contributed by atoms with Gasteiger partial charge >= 0.3 is 5.91 Å². The van der Waals surface area contributed by atoms with Crippen LogP contribution in [0.25, 0.3) is 5.76 Å². The fourth-order valence-electron chi connectivity index (χ4n) is 5.44. The summed E-state index contributed by atoms with van der Waals surface area (Å²) in [6, 6.07) is 20.0. The van der Waals surface area contributed by atoms with Crippen LogP contribution in [0.3, 0.4) is 0 Å². The molecule has 1 aromatic heterocycles. The second kappa shape index (κ2) is 13.1. The highest BCUT2D eigenvalue weighted by Crippen LogP contribution is 2.45. The molecule has 0 saturated carbocycles. The van der Waals surface area contributed by atoms with Crippen LogP contribution in [0, 0.1) is 12.8 Å². The summed E-state index contributed by atoms with van der Waals surface area (Å²) in [7, 11) is 0. The van der Waals surface area contributed by atoms with Gasteiger partial charge in [0.1, 0.15) is 23.4 Å². The van der Waals surface area contributed by atoms with Crippen molar-refractivity contribution in [1.82, 2.24) is 10.2 Å². The number of rotatable bonds is 10. The summed E-state index contributed by atoms with van der Waals surface area (Å²) in [5.41, 5.74) is 4.35. The van der Waals surface area contributed by atoms with E-state index in [0.29, 0.717) is 45.9 Å². The SMILES string of the molecule is Cc1ccc(CSc2nnc(N3C(=O)C(=O)/C(=C(/O)c4ccc5c(c4)CC(C)O5)C3c3cccc(OCCC(C)C)c3)s2)cc1. The average molecular weight is 642 g/mol. The molecule has 1 fully saturated rings. The third kappa shape index (κ3) is 6.62. The first kappa shape index (κ1) is 30.9. The molecule has 3 heterocycles. The van der Waals surface area contributed by atoms with Crippen molar-refractivity contribution in [3.05, 3.63) is 100 Å². The highest BCUT2D eigenvalue weighted by molar-refractivity contribution is 8.00. The lowest BCUT2D eigenvalue weighted by Gasteiger charge is -2.23. The Morgan fingerprint density at radius 1 is 1.11 bits per heavy atom. The van der Waals surface area contributed by atoms with E-state index in [0.717, 1.165) is 23.3 Å². The summed E-state index contributed by atoms with van der Waals surface area (Å²) in [6.45, 7) is 8.83. The number of carbonyl (C=O) groups is 2. The van der Waals surface area contributed by atoms with Gasteiger partial charge in [0.25, 0.3) is 5.78 Å². The first-order valence-corrected chi connectivity index (χ1v) is 16.8. The highest BCUT2D eigenvalue weighted by Gasteiger charge is 2.48. The lowest BCUT2D eigenvalue weighted by atomic mass is 9.94. The molecule has 4 aromatic rings. The maximum absolute atomic E-state index is 13.7. The zero-order valence-electron chi connectivity index (χ0n) is 25.6. The second-order valence-corrected chi connectivity index (χ2v) is 14.0. The van der Waals surface area contributed by atoms with E-state index in [1.165, 1.54) is 33.6 Å². The average Bonchev–Trinajstić information content (AvgIpc) is 3.71. The fraction of sp³-hybridized carbons (Fsp3) is 0.314. The Balaban J connectivity index is 1.37. The molecule has 0 radical (unpaired) electrons. The lowest BCUT2D eigenvalue weighted by Crippen LogP contribution is -2.29. The number of amides is 1. The van der Waals surface area contributed by atoms with Crippen LogP contribution in [0.5, 0.6) is 11.5 Å². The van der Waals surface area contributed by atoms with Gasteiger partial charge in [0.15, 0.2) is 4.34 Å². The number of aromatic nitrogens is 2. The Hall–Kier alpha value is -4.15. The molecule has 10 heteroatoms. The lowest BCUT2D eigenvalue weighted by molar-refractivity contribution is -0.132. The van der Waals surface area contributed by atoms with Gasteiger partial charge in [-0.1, -0.05) is 78.9 Å². The smallest absolute Gasteiger partial charge is 0.301 e. The third-order valence-corrected chi connectivity index (χ3v) is 9.96. The molecule has 3 aromatic carbocycles. The Labute approximate surface area is 271 Å². The Morgan fingerprint density at radius 2 is 1.91 bits per heavy atom. The standard InChI is InChI=1S/C35H35N3O5S2/c1-20(2)14-15-42-27-7-5-6-24(18-27)30-29(31(39)25-12-13-28-26(17-25)16-22(4)43-28)32(40)33(41)38(30)34-36-37-35(45-34)44-19-23-10-8-21(3)9-11-23/h5-13,17-18,20,22,30,39H,14-16,19H2,1-4H3/b31-29+. The Bertz CT molecular complexity index is 1770. The summed E-state index contributed by atoms with van der Waals surface area (Å²) >= 11 is 2.76. The molecule has 2 unspecified atom stereocenters. The molecule has 8 nitrogen and oxygen atoms in total. The number of aliphatic hydroxyl groups excluding tert-OH is 1. The molecule has 232 valence electrons. The van der Waals surface area contributed by atoms with Gasteiger partial charge in [-0.2, -0.15) is 0 Å². The summed E-state index contributed by atoms with van der Waals surface area (Å²) in [5.74, 6) is 0.757. The monoisotopic (exact) mass is 641 g/mol. The first-order chi connectivity index (χ1) is 21.7. The molecule has 2 aliphatic heterocycles. The van der Waals surface area contributed by atoms with Gasteiger partial charge in [0.05, 0.1) is 18.2 Å². The van der Waals surface area contributed by atoms with E-state index < -0.39 is 17.7 Å². The van der Waals surface area contributed by atoms with E-state index in [9.17, 15) is 14.7 Å². The van der Waals surface area contributed by atoms with E-state index in [1.54, 1.807) is 12.1 Å². The minimum atomic E-state index is -0.926. The van der Waals surface area contributed by atoms with E-state index in [-0.39, 0.29) is 22.6 Å². The number of benzene rings is 3. The van der Waals surface area contributed by atoms with Crippen LogP contribution in [0.4, 0.5) is 5.13 Å². The minimum absolute atomic E-state index is 0.00435. The molecule has 0 bridgehead atoms. The molecular weight excluding hydrogens is 607 g/mol. The van der Waals surface area contributed by atoms with Crippen molar-refractivity contribution in [2.45, 2.75) is 62.8 Å². The summed E-state index contributed by atoms with van der Waals surface area (Å²) in [4.78, 5) is 28.8. The van der Waals surface area contributed by atoms with Crippen LogP contribution in [-0.4, -0.2) is 39.7 Å². The molecule has 1 amide bonds. The number of Topliss-reactive ketones (excluding diaryl/α,β-unsaturated/α-hetero) is 1. The number of hydrogen-bond acceptors (Lipinski definition) is 9. The van der Waals surface area contributed by atoms with Crippen molar-refractivity contribution in [2.24, 2.45) is 5.92 Å². The zero-order valence-corrected chi connectivity index (χ0v) is 27.3. The normalized spacial score (nSPS) is 18.8. The largest absolute Gasteiger partial charge is 0.507 e. The van der Waals surface area contributed by atoms with Gasteiger partial charge in [-0.25, -0.2) is 0 Å². The van der Waals surface area contributed by atoms with Crippen molar-refractivity contribution >= 4 is 45.7 Å². The summed E-state index contributed by atoms with van der Waals surface area (Å²) in [6.07, 6.45) is 1.60. The van der Waals surface area contributed by atoms with Crippen LogP contribution >= 0.6 is 23.1 Å². The maximum Gasteiger partial charge on any atom is 0.301 e. The van der Waals surface area contributed by atoms with Gasteiger partial charge in [0.2, 0.25) is 5.13 Å². The number of aliphatic hydroxyl groups is 1. The predicted molar refractivity (Wildman–Crippen MR) is 177 cm³/mol. The van der Waals surface area contributed by atoms with Crippen LogP contribution in [-0.2, 0) is 21.8 Å². The number of ether oxygens (including phenoxy) is 2. The van der Waals surface area contributed by atoms with Gasteiger partial charge in [-0.15, -0.1) is 10.2 Å². The maximum atomic E-state index is 13.7. The molecule has 6 rings (SSSR count). The topological polar surface area (TPSA) is 102 Å². The number of aryl methyl sites for hydroxylation is 1. The zero-order chi connectivity index (χ0) is 31.7. The van der Waals surface area contributed by atoms with E-state index in [4.69, 9.17) is 9.47 Å². The number of carbonyl (C=O) groups excluding carboxylic acids is 2. The van der Waals surface area contributed by atoms with E-state index >= 15 is 0 Å². The Kier molecular flexibility index (Phi) is 8.96. The van der Waals surface area contributed by atoms with E-state index in [1.807, 2.05) is 44.2 Å². The van der Waals surface area contributed by atoms with Gasteiger partial charge in [0, 0.05) is 17.7 Å². The number of fused-ring (bicyclic) bond motifs is 1. The van der Waals surface area contributed by atoms with Crippen LogP contribution in [0.1, 0.15) is 61.1 Å². The van der Waals surface area contributed by atoms with Gasteiger partial charge < -0.3 is 14.6 Å². The molecule has 0 spiro atoms. The van der Waals surface area contributed by atoms with Crippen molar-refractivity contribution in [3.63, 3.8) is 0 Å². The Morgan fingerprint density at radius 3 is 2.69 bits per heavy atom. The van der Waals surface area contributed by atoms with Gasteiger partial charge in [-0.3, -0.25) is 14.5 Å². The predicted octanol–water partition coefficient (Wildman–Crippen LogP) is 7.51.